The summed E-state index contributed by atoms with van der Waals surface area (Å²) in [4.78, 5) is 50.6. The lowest BCUT2D eigenvalue weighted by Gasteiger charge is -2.72. The lowest BCUT2D eigenvalue weighted by atomic mass is 9.32. The number of allylic oxidation sites excluding steroid dienone is 1. The molecule has 5 aliphatic rings. The van der Waals surface area contributed by atoms with Gasteiger partial charge in [-0.1, -0.05) is 66.0 Å². The predicted molar refractivity (Wildman–Crippen MR) is 200 cm³/mol. The molecule has 0 bridgehead atoms. The van der Waals surface area contributed by atoms with Gasteiger partial charge in [0.2, 0.25) is 11.8 Å². The van der Waals surface area contributed by atoms with Crippen molar-refractivity contribution >= 4 is 23.8 Å². The fourth-order valence-electron chi connectivity index (χ4n) is 13.6. The first-order valence-electron chi connectivity index (χ1n) is 20.4. The van der Waals surface area contributed by atoms with Crippen molar-refractivity contribution in [3.8, 4) is 0 Å². The van der Waals surface area contributed by atoms with Gasteiger partial charge in [0, 0.05) is 25.3 Å². The van der Waals surface area contributed by atoms with Gasteiger partial charge in [0.25, 0.3) is 0 Å². The molecule has 0 heterocycles. The lowest BCUT2D eigenvalue weighted by Crippen LogP contribution is -2.67. The number of unbranched alkanes of at least 4 members (excludes halogenated alkanes) is 4. The van der Waals surface area contributed by atoms with Gasteiger partial charge in [0.1, 0.15) is 6.10 Å². The molecule has 5 saturated carbocycles. The Bertz CT molecular complexity index is 1340. The van der Waals surface area contributed by atoms with Crippen molar-refractivity contribution in [3.63, 3.8) is 0 Å². The average molecular weight is 711 g/mol. The van der Waals surface area contributed by atoms with Gasteiger partial charge in [-0.3, -0.25) is 19.2 Å². The van der Waals surface area contributed by atoms with Crippen LogP contribution in [-0.2, 0) is 28.7 Å². The van der Waals surface area contributed by atoms with Crippen LogP contribution in [0.4, 0.5) is 0 Å². The van der Waals surface area contributed by atoms with Crippen LogP contribution in [-0.4, -0.2) is 50.1 Å². The Kier molecular flexibility index (Phi) is 11.8. The normalized spacial score (nSPS) is 39.3. The molecule has 5 aliphatic carbocycles. The monoisotopic (exact) mass is 711 g/mol. The average Bonchev–Trinajstić information content (AvgIpc) is 3.47. The molecule has 8 nitrogen and oxygen atoms in total. The van der Waals surface area contributed by atoms with Gasteiger partial charge < -0.3 is 20.1 Å². The van der Waals surface area contributed by atoms with Gasteiger partial charge >= 0.3 is 11.9 Å². The number of fused-ring (bicyclic) bond motifs is 7. The molecule has 0 spiro atoms. The van der Waals surface area contributed by atoms with E-state index in [9.17, 15) is 19.2 Å². The summed E-state index contributed by atoms with van der Waals surface area (Å²) in [6.07, 6.45) is 15.6. The van der Waals surface area contributed by atoms with Crippen LogP contribution in [0.5, 0.6) is 0 Å². The van der Waals surface area contributed by atoms with Gasteiger partial charge in [0.15, 0.2) is 0 Å². The van der Waals surface area contributed by atoms with Gasteiger partial charge in [-0.25, -0.2) is 0 Å². The Morgan fingerprint density at radius 2 is 1.45 bits per heavy atom. The Labute approximate surface area is 308 Å². The molecule has 288 valence electrons. The van der Waals surface area contributed by atoms with Gasteiger partial charge in [-0.05, 0) is 130 Å². The van der Waals surface area contributed by atoms with E-state index in [1.54, 1.807) is 6.92 Å². The standard InChI is InChI=1S/C43H70N2O6/c1-28(2)30-18-23-43(38(49)45-27-35(47)44-26-14-12-10-11-13-15-36(48)50-9)25-24-41(7)31(37(30)43)16-17-33-40(6)21-20-34(51-29(3)46)39(4,5)32(40)19-22-42(33,41)8/h30-34,37H,1,10-27H2,2-9H3,(H,44,47)(H,45,49)/t30-,31+,32-,33+,34-,37+,40-,41+,42+,43-/m0/s1. The maximum atomic E-state index is 14.4. The van der Waals surface area contributed by atoms with E-state index in [-0.39, 0.29) is 64.0 Å². The van der Waals surface area contributed by atoms with Crippen molar-refractivity contribution in [2.75, 3.05) is 20.2 Å². The third-order valence-electron chi connectivity index (χ3n) is 16.3. The molecule has 5 fully saturated rings. The second-order valence-electron chi connectivity index (χ2n) is 18.9. The molecule has 0 aliphatic heterocycles. The smallest absolute Gasteiger partial charge is 0.305 e. The van der Waals surface area contributed by atoms with Crippen molar-refractivity contribution in [2.45, 2.75) is 157 Å². The minimum Gasteiger partial charge on any atom is -0.469 e. The molecule has 8 heteroatoms. The number of ether oxygens (including phenoxy) is 2. The first kappa shape index (κ1) is 39.8. The van der Waals surface area contributed by atoms with Crippen LogP contribution in [0.2, 0.25) is 0 Å². The molecule has 0 saturated heterocycles. The third kappa shape index (κ3) is 7.04. The molecule has 0 aromatic carbocycles. The molecular formula is C43H70N2O6. The fourth-order valence-corrected chi connectivity index (χ4v) is 13.6. The molecular weight excluding hydrogens is 640 g/mol. The zero-order valence-electron chi connectivity index (χ0n) is 33.3. The first-order chi connectivity index (χ1) is 24.0. The summed E-state index contributed by atoms with van der Waals surface area (Å²) in [6.45, 7) is 21.3. The van der Waals surface area contributed by atoms with E-state index in [0.29, 0.717) is 36.6 Å². The summed E-state index contributed by atoms with van der Waals surface area (Å²) in [7, 11) is 1.42. The van der Waals surface area contributed by atoms with Crippen LogP contribution in [0.1, 0.15) is 151 Å². The van der Waals surface area contributed by atoms with Crippen molar-refractivity contribution in [3.05, 3.63) is 12.2 Å². The maximum Gasteiger partial charge on any atom is 0.305 e. The third-order valence-corrected chi connectivity index (χ3v) is 16.3. The fraction of sp³-hybridized carbons (Fsp3) is 0.860. The van der Waals surface area contributed by atoms with Crippen molar-refractivity contribution < 1.29 is 28.7 Å². The van der Waals surface area contributed by atoms with Crippen molar-refractivity contribution in [2.24, 2.45) is 56.7 Å². The van der Waals surface area contributed by atoms with Crippen LogP contribution in [0, 0.1) is 56.7 Å². The second-order valence-corrected chi connectivity index (χ2v) is 18.9. The highest BCUT2D eigenvalue weighted by atomic mass is 16.5. The van der Waals surface area contributed by atoms with Gasteiger partial charge in [0.05, 0.1) is 19.1 Å². The van der Waals surface area contributed by atoms with Crippen molar-refractivity contribution in [1.82, 2.24) is 10.6 Å². The minimum absolute atomic E-state index is 0.0227. The highest BCUT2D eigenvalue weighted by Gasteiger charge is 2.72. The Morgan fingerprint density at radius 3 is 2.14 bits per heavy atom. The summed E-state index contributed by atoms with van der Waals surface area (Å²) in [5.74, 6) is 1.74. The number of methoxy groups -OCH3 is 1. The van der Waals surface area contributed by atoms with E-state index >= 15 is 0 Å². The molecule has 10 atom stereocenters. The molecule has 51 heavy (non-hydrogen) atoms. The number of amides is 2. The zero-order chi connectivity index (χ0) is 37.4. The summed E-state index contributed by atoms with van der Waals surface area (Å²) >= 11 is 0. The largest absolute Gasteiger partial charge is 0.469 e. The summed E-state index contributed by atoms with van der Waals surface area (Å²) in [5, 5.41) is 6.15. The second kappa shape index (κ2) is 15.2. The highest BCUT2D eigenvalue weighted by molar-refractivity contribution is 5.88. The van der Waals surface area contributed by atoms with Crippen LogP contribution in [0.15, 0.2) is 12.2 Å². The number of carbonyl (C=O) groups excluding carboxylic acids is 4. The molecule has 5 rings (SSSR count). The number of rotatable bonds is 13. The Morgan fingerprint density at radius 1 is 0.745 bits per heavy atom. The topological polar surface area (TPSA) is 111 Å². The lowest BCUT2D eigenvalue weighted by molar-refractivity contribution is -0.248. The SMILES string of the molecule is C=C(C)[C@@H]1CC[C@]2(C(=O)NCC(=O)NCCCCCCCC(=O)OC)CC[C@]3(C)[C@H](CC[C@@H]4[C@@]5(C)CC[C@H](OC(C)=O)C(C)(C)[C@@H]5CC[C@]43C)[C@@H]12. The summed E-state index contributed by atoms with van der Waals surface area (Å²) < 4.78 is 10.6. The molecule has 0 aromatic rings. The molecule has 0 aromatic heterocycles. The number of esters is 2. The summed E-state index contributed by atoms with van der Waals surface area (Å²) in [6, 6.07) is 0. The van der Waals surface area contributed by atoms with Crippen LogP contribution >= 0.6 is 0 Å². The van der Waals surface area contributed by atoms with E-state index in [0.717, 1.165) is 83.5 Å². The molecule has 0 radical (unpaired) electrons. The maximum absolute atomic E-state index is 14.4. The number of hydrogen-bond donors (Lipinski definition) is 2. The Hall–Kier alpha value is -2.38. The van der Waals surface area contributed by atoms with Crippen LogP contribution in [0.3, 0.4) is 0 Å². The zero-order valence-corrected chi connectivity index (χ0v) is 33.3. The predicted octanol–water partition coefficient (Wildman–Crippen LogP) is 8.32. The van der Waals surface area contributed by atoms with E-state index < -0.39 is 5.41 Å². The quantitative estimate of drug-likeness (QED) is 0.113. The Balaban J connectivity index is 1.25. The number of hydrogen-bond acceptors (Lipinski definition) is 6. The molecule has 0 unspecified atom stereocenters. The molecule has 2 amide bonds. The van der Waals surface area contributed by atoms with Crippen LogP contribution in [0.25, 0.3) is 0 Å². The van der Waals surface area contributed by atoms with E-state index in [1.807, 2.05) is 0 Å². The first-order valence-corrected chi connectivity index (χ1v) is 20.4. The van der Waals surface area contributed by atoms with Gasteiger partial charge in [-0.15, -0.1) is 0 Å². The van der Waals surface area contributed by atoms with Crippen LogP contribution < -0.4 is 10.6 Å². The van der Waals surface area contributed by atoms with Crippen molar-refractivity contribution in [1.29, 1.82) is 0 Å². The van der Waals surface area contributed by atoms with E-state index in [4.69, 9.17) is 9.47 Å². The summed E-state index contributed by atoms with van der Waals surface area (Å²) in [5.41, 5.74) is 1.16. The van der Waals surface area contributed by atoms with Gasteiger partial charge in [-0.2, -0.15) is 0 Å². The van der Waals surface area contributed by atoms with E-state index in [2.05, 4.69) is 58.8 Å². The number of carbonyl (C=O) groups is 4. The molecule has 2 N–H and O–H groups in total. The van der Waals surface area contributed by atoms with E-state index in [1.165, 1.54) is 25.5 Å². The highest BCUT2D eigenvalue weighted by Crippen LogP contribution is 2.77. The number of nitrogens with one attached hydrogen (secondary N) is 2. The minimum atomic E-state index is -0.452.